The lowest BCUT2D eigenvalue weighted by Crippen LogP contribution is -2.36. The van der Waals surface area contributed by atoms with E-state index in [9.17, 15) is 13.6 Å². The molecule has 5 heteroatoms. The molecular formula is C10H15F2NO2. The molecule has 0 heterocycles. The molecule has 0 aromatic rings. The topological polar surface area (TPSA) is 40.5 Å². The van der Waals surface area contributed by atoms with Gasteiger partial charge in [0.05, 0.1) is 13.2 Å². The van der Waals surface area contributed by atoms with E-state index in [-0.39, 0.29) is 13.2 Å². The third-order valence-electron chi connectivity index (χ3n) is 1.58. The minimum atomic E-state index is -2.59. The number of alkyl halides is 2. The van der Waals surface area contributed by atoms with Crippen LogP contribution in [0.3, 0.4) is 0 Å². The van der Waals surface area contributed by atoms with Crippen molar-refractivity contribution in [3.8, 4) is 0 Å². The number of rotatable bonds is 6. The Hall–Kier alpha value is -1.23. The second-order valence-electron chi connectivity index (χ2n) is 2.78. The molecule has 0 saturated heterocycles. The molecule has 86 valence electrons. The van der Waals surface area contributed by atoms with Crippen molar-refractivity contribution in [2.45, 2.75) is 13.3 Å². The van der Waals surface area contributed by atoms with Gasteiger partial charge < -0.3 is 10.0 Å². The van der Waals surface area contributed by atoms with Gasteiger partial charge in [0, 0.05) is 12.6 Å². The number of hydrogen-bond donors (Lipinski definition) is 1. The molecule has 0 aliphatic rings. The molecular weight excluding hydrogens is 204 g/mol. The van der Waals surface area contributed by atoms with Crippen LogP contribution in [0.4, 0.5) is 8.78 Å². The number of allylic oxidation sites excluding steroid dienone is 3. The average Bonchev–Trinajstić information content (AvgIpc) is 2.17. The molecule has 0 aromatic carbocycles. The Morgan fingerprint density at radius 3 is 2.60 bits per heavy atom. The summed E-state index contributed by atoms with van der Waals surface area (Å²) in [6, 6.07) is 0. The predicted octanol–water partition coefficient (Wildman–Crippen LogP) is 1.20. The van der Waals surface area contributed by atoms with Crippen LogP contribution in [0.15, 0.2) is 24.3 Å². The third-order valence-corrected chi connectivity index (χ3v) is 1.58. The van der Waals surface area contributed by atoms with Crippen LogP contribution >= 0.6 is 0 Å². The van der Waals surface area contributed by atoms with Crippen LogP contribution in [-0.2, 0) is 4.79 Å². The van der Waals surface area contributed by atoms with E-state index in [1.165, 1.54) is 12.2 Å². The lowest BCUT2D eigenvalue weighted by atomic mass is 10.4. The molecule has 0 unspecified atom stereocenters. The van der Waals surface area contributed by atoms with Crippen molar-refractivity contribution in [2.75, 3.05) is 19.7 Å². The fourth-order valence-electron chi connectivity index (χ4n) is 0.933. The SMILES string of the molecule is CC=CC=CC(=O)N(CCO)CC(F)F. The molecule has 0 spiro atoms. The Bertz CT molecular complexity index is 240. The normalized spacial score (nSPS) is 11.8. The van der Waals surface area contributed by atoms with E-state index in [0.717, 1.165) is 4.90 Å². The largest absolute Gasteiger partial charge is 0.395 e. The maximum absolute atomic E-state index is 12.0. The van der Waals surface area contributed by atoms with Crippen LogP contribution in [-0.4, -0.2) is 42.0 Å². The molecule has 1 amide bonds. The van der Waals surface area contributed by atoms with Gasteiger partial charge in [0.15, 0.2) is 0 Å². The van der Waals surface area contributed by atoms with Gasteiger partial charge in [-0.05, 0) is 6.92 Å². The summed E-state index contributed by atoms with van der Waals surface area (Å²) in [5.74, 6) is -0.526. The number of hydrogen-bond acceptors (Lipinski definition) is 2. The van der Waals surface area contributed by atoms with Crippen molar-refractivity contribution in [1.29, 1.82) is 0 Å². The van der Waals surface area contributed by atoms with Gasteiger partial charge in [-0.15, -0.1) is 0 Å². The first kappa shape index (κ1) is 13.8. The molecule has 3 nitrogen and oxygen atoms in total. The number of aliphatic hydroxyl groups excluding tert-OH is 1. The van der Waals surface area contributed by atoms with E-state index in [2.05, 4.69) is 0 Å². The van der Waals surface area contributed by atoms with Gasteiger partial charge in [-0.3, -0.25) is 4.79 Å². The molecule has 0 aliphatic heterocycles. The molecule has 0 atom stereocenters. The highest BCUT2D eigenvalue weighted by molar-refractivity contribution is 5.87. The summed E-state index contributed by atoms with van der Waals surface area (Å²) in [5, 5.41) is 8.59. The fourth-order valence-corrected chi connectivity index (χ4v) is 0.933. The lowest BCUT2D eigenvalue weighted by molar-refractivity contribution is -0.128. The zero-order chi connectivity index (χ0) is 11.7. The van der Waals surface area contributed by atoms with Crippen LogP contribution in [0.25, 0.3) is 0 Å². The molecule has 0 rings (SSSR count). The molecule has 0 fully saturated rings. The first-order chi connectivity index (χ1) is 7.11. The molecule has 0 saturated carbocycles. The van der Waals surface area contributed by atoms with Crippen LogP contribution < -0.4 is 0 Å². The third kappa shape index (κ3) is 6.79. The Morgan fingerprint density at radius 2 is 2.13 bits per heavy atom. The predicted molar refractivity (Wildman–Crippen MR) is 53.6 cm³/mol. The molecule has 1 N–H and O–H groups in total. The molecule has 0 bridgehead atoms. The van der Waals surface area contributed by atoms with Crippen LogP contribution in [0.5, 0.6) is 0 Å². The minimum absolute atomic E-state index is 0.0800. The highest BCUT2D eigenvalue weighted by Gasteiger charge is 2.14. The van der Waals surface area contributed by atoms with E-state index >= 15 is 0 Å². The van der Waals surface area contributed by atoms with Gasteiger partial charge in [-0.25, -0.2) is 8.78 Å². The van der Waals surface area contributed by atoms with E-state index < -0.39 is 18.9 Å². The van der Waals surface area contributed by atoms with Gasteiger partial charge in [-0.2, -0.15) is 0 Å². The van der Waals surface area contributed by atoms with Crippen LogP contribution in [0, 0.1) is 0 Å². The summed E-state index contributed by atoms with van der Waals surface area (Å²) in [6.45, 7) is 0.721. The molecule has 15 heavy (non-hydrogen) atoms. The molecule has 0 aromatic heterocycles. The van der Waals surface area contributed by atoms with Crippen LogP contribution in [0.1, 0.15) is 6.92 Å². The summed E-state index contributed by atoms with van der Waals surface area (Å²) in [4.78, 5) is 12.2. The van der Waals surface area contributed by atoms with Crippen molar-refractivity contribution < 1.29 is 18.7 Å². The fraction of sp³-hybridized carbons (Fsp3) is 0.500. The van der Waals surface area contributed by atoms with Crippen molar-refractivity contribution in [2.24, 2.45) is 0 Å². The zero-order valence-corrected chi connectivity index (χ0v) is 8.57. The molecule has 0 radical (unpaired) electrons. The summed E-state index contributed by atoms with van der Waals surface area (Å²) < 4.78 is 24.1. The smallest absolute Gasteiger partial charge is 0.255 e. The van der Waals surface area contributed by atoms with Gasteiger partial charge in [0.1, 0.15) is 0 Å². The second-order valence-corrected chi connectivity index (χ2v) is 2.78. The van der Waals surface area contributed by atoms with Crippen molar-refractivity contribution >= 4 is 5.91 Å². The monoisotopic (exact) mass is 219 g/mol. The van der Waals surface area contributed by atoms with Crippen molar-refractivity contribution in [1.82, 2.24) is 4.90 Å². The summed E-state index contributed by atoms with van der Waals surface area (Å²) >= 11 is 0. The first-order valence-corrected chi connectivity index (χ1v) is 4.59. The summed E-state index contributed by atoms with van der Waals surface area (Å²) in [6.07, 6.45) is 3.41. The maximum atomic E-state index is 12.0. The number of carbonyl (C=O) groups is 1. The van der Waals surface area contributed by atoms with Crippen molar-refractivity contribution in [3.63, 3.8) is 0 Å². The van der Waals surface area contributed by atoms with Gasteiger partial charge in [-0.1, -0.05) is 18.2 Å². The van der Waals surface area contributed by atoms with E-state index in [1.807, 2.05) is 0 Å². The average molecular weight is 219 g/mol. The second kappa shape index (κ2) is 8.11. The highest BCUT2D eigenvalue weighted by Crippen LogP contribution is 1.99. The summed E-state index contributed by atoms with van der Waals surface area (Å²) in [7, 11) is 0. The number of halogens is 2. The van der Waals surface area contributed by atoms with E-state index in [4.69, 9.17) is 5.11 Å². The standard InChI is InChI=1S/C10H15F2NO2/c1-2-3-4-5-10(15)13(6-7-14)8-9(11)12/h2-5,9,14H,6-8H2,1H3. The maximum Gasteiger partial charge on any atom is 0.255 e. The number of amides is 1. The highest BCUT2D eigenvalue weighted by atomic mass is 19.3. The lowest BCUT2D eigenvalue weighted by Gasteiger charge is -2.19. The summed E-state index contributed by atoms with van der Waals surface area (Å²) in [5.41, 5.74) is 0. The number of carbonyl (C=O) groups excluding carboxylic acids is 1. The Labute approximate surface area is 87.7 Å². The van der Waals surface area contributed by atoms with Gasteiger partial charge in [0.25, 0.3) is 6.43 Å². The Morgan fingerprint density at radius 1 is 1.47 bits per heavy atom. The quantitative estimate of drug-likeness (QED) is 0.538. The minimum Gasteiger partial charge on any atom is -0.395 e. The Balaban J connectivity index is 4.27. The van der Waals surface area contributed by atoms with Crippen LogP contribution in [0.2, 0.25) is 0 Å². The van der Waals surface area contributed by atoms with Gasteiger partial charge >= 0.3 is 0 Å². The number of aliphatic hydroxyl groups is 1. The Kier molecular flexibility index (Phi) is 7.44. The molecule has 0 aliphatic carbocycles. The zero-order valence-electron chi connectivity index (χ0n) is 8.57. The number of nitrogens with zero attached hydrogens (tertiary/aromatic N) is 1. The van der Waals surface area contributed by atoms with E-state index in [1.54, 1.807) is 19.1 Å². The first-order valence-electron chi connectivity index (χ1n) is 4.59. The van der Waals surface area contributed by atoms with Crippen molar-refractivity contribution in [3.05, 3.63) is 24.3 Å². The van der Waals surface area contributed by atoms with Gasteiger partial charge in [0.2, 0.25) is 5.91 Å². The van der Waals surface area contributed by atoms with E-state index in [0.29, 0.717) is 0 Å².